The van der Waals surface area contributed by atoms with Crippen LogP contribution in [-0.4, -0.2) is 18.9 Å². The van der Waals surface area contributed by atoms with E-state index in [4.69, 9.17) is 4.74 Å². The van der Waals surface area contributed by atoms with Crippen LogP contribution in [0.3, 0.4) is 0 Å². The maximum atomic E-state index is 13.8. The van der Waals surface area contributed by atoms with Crippen molar-refractivity contribution in [3.8, 4) is 0 Å². The van der Waals surface area contributed by atoms with Crippen molar-refractivity contribution in [1.29, 1.82) is 0 Å². The topological polar surface area (TPSA) is 43.4 Å². The highest BCUT2D eigenvalue weighted by Gasteiger charge is 2.42. The van der Waals surface area contributed by atoms with Crippen LogP contribution in [0.4, 0.5) is 0 Å². The number of carbonyl (C=O) groups is 2. The molecule has 3 aromatic rings. The first-order valence-corrected chi connectivity index (χ1v) is 9.58. The lowest BCUT2D eigenvalue weighted by Gasteiger charge is -2.34. The molecule has 1 atom stereocenters. The molecular weight excluding hydrogens is 360 g/mol. The Morgan fingerprint density at radius 2 is 1.31 bits per heavy atom. The van der Waals surface area contributed by atoms with Gasteiger partial charge in [-0.05, 0) is 35.3 Å². The zero-order valence-corrected chi connectivity index (χ0v) is 16.7. The molecule has 0 radical (unpaired) electrons. The molecule has 0 aromatic heterocycles. The van der Waals surface area contributed by atoms with E-state index < -0.39 is 11.4 Å². The number of Topliss-reactive ketones (excluding diaryl/α,β-unsaturated/α-hetero) is 1. The molecule has 0 aliphatic carbocycles. The molecule has 0 unspecified atom stereocenters. The average Bonchev–Trinajstić information content (AvgIpc) is 2.80. The lowest BCUT2D eigenvalue weighted by molar-refractivity contribution is 0.0600. The number of esters is 1. The van der Waals surface area contributed by atoms with Gasteiger partial charge in [-0.2, -0.15) is 0 Å². The summed E-state index contributed by atoms with van der Waals surface area (Å²) in [5.41, 5.74) is 2.61. The van der Waals surface area contributed by atoms with Crippen LogP contribution in [-0.2, 0) is 10.2 Å². The Labute approximate surface area is 171 Å². The molecule has 0 fully saturated rings. The van der Waals surface area contributed by atoms with Crippen LogP contribution in [0.2, 0.25) is 0 Å². The minimum Gasteiger partial charge on any atom is -0.465 e. The van der Waals surface area contributed by atoms with E-state index in [1.807, 2.05) is 79.7 Å². The highest BCUT2D eigenvalue weighted by molar-refractivity contribution is 6.12. The number of benzene rings is 3. The lowest BCUT2D eigenvalue weighted by Crippen LogP contribution is -2.36. The van der Waals surface area contributed by atoms with Crippen LogP contribution in [0.1, 0.15) is 45.2 Å². The van der Waals surface area contributed by atoms with E-state index >= 15 is 0 Å². The third kappa shape index (κ3) is 3.77. The number of carbonyl (C=O) groups excluding carboxylic acids is 2. The Balaban J connectivity index is 2.13. The van der Waals surface area contributed by atoms with Crippen molar-refractivity contribution < 1.29 is 14.3 Å². The van der Waals surface area contributed by atoms with Gasteiger partial charge in [0.05, 0.1) is 18.1 Å². The summed E-state index contributed by atoms with van der Waals surface area (Å²) >= 11 is 0. The highest BCUT2D eigenvalue weighted by atomic mass is 16.5. The van der Waals surface area contributed by atoms with Crippen molar-refractivity contribution in [2.75, 3.05) is 7.11 Å². The van der Waals surface area contributed by atoms with Gasteiger partial charge in [-0.15, -0.1) is 0 Å². The van der Waals surface area contributed by atoms with Crippen LogP contribution in [0.5, 0.6) is 0 Å². The van der Waals surface area contributed by atoms with Crippen LogP contribution in [0, 0.1) is 0 Å². The molecule has 0 heterocycles. The summed E-state index contributed by atoms with van der Waals surface area (Å²) in [5.74, 6) is -0.388. The Kier molecular flexibility index (Phi) is 6.08. The van der Waals surface area contributed by atoms with Crippen molar-refractivity contribution >= 4 is 17.3 Å². The van der Waals surface area contributed by atoms with Crippen molar-refractivity contribution in [2.24, 2.45) is 0 Å². The maximum Gasteiger partial charge on any atom is 0.337 e. The van der Waals surface area contributed by atoms with Gasteiger partial charge in [-0.25, -0.2) is 4.79 Å². The average molecular weight is 384 g/mol. The van der Waals surface area contributed by atoms with E-state index in [0.29, 0.717) is 23.1 Å². The SMILES string of the molecule is C=C(c1ccc(C(=O)OC)cc1)[C@@](CC)(C(=O)c1ccccc1)c1ccccc1. The quantitative estimate of drug-likeness (QED) is 0.387. The molecule has 0 bridgehead atoms. The van der Waals surface area contributed by atoms with Gasteiger partial charge in [0.15, 0.2) is 5.78 Å². The van der Waals surface area contributed by atoms with E-state index in [1.165, 1.54) is 7.11 Å². The number of hydrogen-bond acceptors (Lipinski definition) is 3. The molecule has 0 spiro atoms. The molecule has 0 aliphatic rings. The molecular formula is C26H24O3. The maximum absolute atomic E-state index is 13.8. The van der Waals surface area contributed by atoms with Crippen LogP contribution >= 0.6 is 0 Å². The standard InChI is InChI=1S/C26H24O3/c1-4-26(23-13-9-6-10-14-23,24(27)21-11-7-5-8-12-21)19(2)20-15-17-22(18-16-20)25(28)29-3/h5-18H,2,4H2,1,3H3/t26-/m1/s1. The summed E-state index contributed by atoms with van der Waals surface area (Å²) in [6, 6.07) is 26.1. The fourth-order valence-corrected chi connectivity index (χ4v) is 3.75. The molecule has 0 aliphatic heterocycles. The second-order valence-corrected chi connectivity index (χ2v) is 6.87. The normalized spacial score (nSPS) is 12.6. The summed E-state index contributed by atoms with van der Waals surface area (Å²) in [4.78, 5) is 25.6. The molecule has 0 saturated heterocycles. The Bertz CT molecular complexity index is 1000. The molecule has 0 amide bonds. The highest BCUT2D eigenvalue weighted by Crippen LogP contribution is 2.43. The van der Waals surface area contributed by atoms with E-state index in [2.05, 4.69) is 6.58 Å². The summed E-state index contributed by atoms with van der Waals surface area (Å²) in [6.45, 7) is 6.35. The number of ether oxygens (including phenoxy) is 1. The molecule has 3 rings (SSSR count). The van der Waals surface area contributed by atoms with Gasteiger partial charge in [-0.3, -0.25) is 4.79 Å². The minimum absolute atomic E-state index is 0.00819. The molecule has 146 valence electrons. The largest absolute Gasteiger partial charge is 0.465 e. The third-order valence-electron chi connectivity index (χ3n) is 5.39. The van der Waals surface area contributed by atoms with E-state index in [9.17, 15) is 9.59 Å². The second-order valence-electron chi connectivity index (χ2n) is 6.87. The van der Waals surface area contributed by atoms with E-state index in [-0.39, 0.29) is 5.78 Å². The number of methoxy groups -OCH3 is 1. The zero-order valence-electron chi connectivity index (χ0n) is 16.7. The fraction of sp³-hybridized carbons (Fsp3) is 0.154. The van der Waals surface area contributed by atoms with Crippen molar-refractivity contribution in [1.82, 2.24) is 0 Å². The molecule has 29 heavy (non-hydrogen) atoms. The molecule has 3 aromatic carbocycles. The zero-order chi connectivity index (χ0) is 20.9. The Morgan fingerprint density at radius 1 is 0.793 bits per heavy atom. The van der Waals surface area contributed by atoms with Crippen molar-refractivity contribution in [3.05, 3.63) is 114 Å². The van der Waals surface area contributed by atoms with Crippen molar-refractivity contribution in [3.63, 3.8) is 0 Å². The molecule has 3 heteroatoms. The Hall–Kier alpha value is -3.46. The van der Waals surface area contributed by atoms with Gasteiger partial charge < -0.3 is 4.74 Å². The third-order valence-corrected chi connectivity index (χ3v) is 5.39. The van der Waals surface area contributed by atoms with E-state index in [0.717, 1.165) is 11.1 Å². The molecule has 0 N–H and O–H groups in total. The van der Waals surface area contributed by atoms with Gasteiger partial charge in [0.25, 0.3) is 0 Å². The van der Waals surface area contributed by atoms with Gasteiger partial charge >= 0.3 is 5.97 Å². The predicted molar refractivity (Wildman–Crippen MR) is 116 cm³/mol. The minimum atomic E-state index is -0.907. The lowest BCUT2D eigenvalue weighted by atomic mass is 9.66. The van der Waals surface area contributed by atoms with Crippen LogP contribution < -0.4 is 0 Å². The van der Waals surface area contributed by atoms with E-state index in [1.54, 1.807) is 12.1 Å². The van der Waals surface area contributed by atoms with Gasteiger partial charge in [0.2, 0.25) is 0 Å². The van der Waals surface area contributed by atoms with Crippen molar-refractivity contribution in [2.45, 2.75) is 18.8 Å². The summed E-state index contributed by atoms with van der Waals surface area (Å²) in [5, 5.41) is 0. The smallest absolute Gasteiger partial charge is 0.337 e. The van der Waals surface area contributed by atoms with Gasteiger partial charge in [-0.1, -0.05) is 86.3 Å². The molecule has 0 saturated carbocycles. The predicted octanol–water partition coefficient (Wildman–Crippen LogP) is 5.72. The van der Waals surface area contributed by atoms with Gasteiger partial charge in [0.1, 0.15) is 0 Å². The number of ketones is 1. The number of hydrogen-bond donors (Lipinski definition) is 0. The van der Waals surface area contributed by atoms with Crippen LogP contribution in [0.25, 0.3) is 5.57 Å². The second kappa shape index (κ2) is 8.70. The van der Waals surface area contributed by atoms with Gasteiger partial charge in [0, 0.05) is 5.56 Å². The first-order valence-electron chi connectivity index (χ1n) is 9.58. The first-order chi connectivity index (χ1) is 14.0. The van der Waals surface area contributed by atoms with Crippen LogP contribution in [0.15, 0.2) is 91.5 Å². The fourth-order valence-electron chi connectivity index (χ4n) is 3.75. The first kappa shape index (κ1) is 20.3. The summed E-state index contributed by atoms with van der Waals surface area (Å²) in [7, 11) is 1.35. The number of allylic oxidation sites excluding steroid dienone is 1. The summed E-state index contributed by atoms with van der Waals surface area (Å²) < 4.78 is 4.77. The monoisotopic (exact) mass is 384 g/mol. The molecule has 3 nitrogen and oxygen atoms in total. The Morgan fingerprint density at radius 3 is 1.83 bits per heavy atom. The summed E-state index contributed by atoms with van der Waals surface area (Å²) in [6.07, 6.45) is 0.558. The number of rotatable bonds is 7.